The number of hydrogen-bond donors (Lipinski definition) is 5. The van der Waals surface area contributed by atoms with Crippen LogP contribution in [-0.2, 0) is 0 Å². The molecular weight excluding hydrogens is 224 g/mol. The van der Waals surface area contributed by atoms with Crippen molar-refractivity contribution in [3.05, 3.63) is 0 Å². The average molecular weight is 254 g/mol. The van der Waals surface area contributed by atoms with Gasteiger partial charge in [-0.1, -0.05) is 26.7 Å². The van der Waals surface area contributed by atoms with Crippen LogP contribution in [0.3, 0.4) is 0 Å². The van der Waals surface area contributed by atoms with E-state index in [1.807, 2.05) is 0 Å². The molecule has 0 aliphatic rings. The van der Waals surface area contributed by atoms with Gasteiger partial charge in [-0.15, -0.1) is 0 Å². The van der Waals surface area contributed by atoms with E-state index in [0.717, 1.165) is 19.3 Å². The molecule has 0 saturated heterocycles. The van der Waals surface area contributed by atoms with E-state index in [1.54, 1.807) is 6.92 Å². The Bertz CT molecular complexity index is 91.1. The maximum Gasteiger partial charge on any atom is 0.140 e. The number of aliphatic hydroxyl groups is 5. The van der Waals surface area contributed by atoms with Gasteiger partial charge in [0.15, 0.2) is 0 Å². The zero-order chi connectivity index (χ0) is 14.1. The van der Waals surface area contributed by atoms with Gasteiger partial charge in [0.1, 0.15) is 6.79 Å². The molecule has 0 fully saturated rings. The van der Waals surface area contributed by atoms with Crippen molar-refractivity contribution in [1.29, 1.82) is 0 Å². The smallest absolute Gasteiger partial charge is 0.140 e. The van der Waals surface area contributed by atoms with Gasteiger partial charge < -0.3 is 25.5 Å². The molecule has 0 aliphatic heterocycles. The second-order valence-corrected chi connectivity index (χ2v) is 3.61. The third-order valence-electron chi connectivity index (χ3n) is 2.34. The predicted molar refractivity (Wildman–Crippen MR) is 68.4 cm³/mol. The lowest BCUT2D eigenvalue weighted by Gasteiger charge is -2.17. The summed E-state index contributed by atoms with van der Waals surface area (Å²) in [5.41, 5.74) is 0. The Kier molecular flexibility index (Phi) is 27.4. The normalized spacial score (nSPS) is 12.7. The monoisotopic (exact) mass is 254 g/mol. The molecule has 0 aromatic heterocycles. The first-order chi connectivity index (χ1) is 8.11. The highest BCUT2D eigenvalue weighted by Crippen LogP contribution is 2.17. The molecular formula is C12H30O5. The zero-order valence-electron chi connectivity index (χ0n) is 11.3. The zero-order valence-corrected chi connectivity index (χ0v) is 11.3. The van der Waals surface area contributed by atoms with Gasteiger partial charge >= 0.3 is 0 Å². The van der Waals surface area contributed by atoms with Gasteiger partial charge in [-0.25, -0.2) is 0 Å². The highest BCUT2D eigenvalue weighted by molar-refractivity contribution is 4.62. The Balaban J connectivity index is -0.000000273. The summed E-state index contributed by atoms with van der Waals surface area (Å²) >= 11 is 0. The maximum atomic E-state index is 8.88. The highest BCUT2D eigenvalue weighted by Gasteiger charge is 2.11. The first-order valence-corrected chi connectivity index (χ1v) is 6.15. The molecule has 108 valence electrons. The molecule has 0 bridgehead atoms. The van der Waals surface area contributed by atoms with Crippen LogP contribution in [0.1, 0.15) is 40.0 Å². The molecule has 0 saturated carbocycles. The Labute approximate surface area is 105 Å². The summed E-state index contributed by atoms with van der Waals surface area (Å²) < 4.78 is 0. The summed E-state index contributed by atoms with van der Waals surface area (Å²) in [6, 6.07) is 0. The van der Waals surface area contributed by atoms with Crippen LogP contribution < -0.4 is 0 Å². The highest BCUT2D eigenvalue weighted by atomic mass is 16.5. The van der Waals surface area contributed by atoms with Crippen molar-refractivity contribution in [1.82, 2.24) is 0 Å². The summed E-state index contributed by atoms with van der Waals surface area (Å²) in [4.78, 5) is 0. The van der Waals surface area contributed by atoms with Crippen LogP contribution in [0.2, 0.25) is 0 Å². The maximum absolute atomic E-state index is 8.88. The van der Waals surface area contributed by atoms with E-state index in [0.29, 0.717) is 11.8 Å². The topological polar surface area (TPSA) is 101 Å². The fraction of sp³-hybridized carbons (Fsp3) is 1.00. The van der Waals surface area contributed by atoms with E-state index in [4.69, 9.17) is 25.5 Å². The molecule has 0 aromatic carbocycles. The van der Waals surface area contributed by atoms with Gasteiger partial charge in [-0.05, 0) is 25.2 Å². The van der Waals surface area contributed by atoms with Gasteiger partial charge in [-0.2, -0.15) is 0 Å². The largest absolute Gasteiger partial charge is 0.397 e. The summed E-state index contributed by atoms with van der Waals surface area (Å²) in [5.74, 6) is 0.763. The molecule has 17 heavy (non-hydrogen) atoms. The van der Waals surface area contributed by atoms with Gasteiger partial charge in [0.05, 0.1) is 0 Å². The van der Waals surface area contributed by atoms with Crippen molar-refractivity contribution < 1.29 is 25.5 Å². The molecule has 5 heteroatoms. The molecule has 0 radical (unpaired) electrons. The fourth-order valence-corrected chi connectivity index (χ4v) is 1.21. The van der Waals surface area contributed by atoms with Crippen LogP contribution in [0.4, 0.5) is 0 Å². The average Bonchev–Trinajstić information content (AvgIpc) is 2.33. The first-order valence-electron chi connectivity index (χ1n) is 6.15. The number of rotatable bonds is 6. The third-order valence-corrected chi connectivity index (χ3v) is 2.34. The number of hydrogen-bond acceptors (Lipinski definition) is 5. The van der Waals surface area contributed by atoms with Crippen LogP contribution in [0, 0.1) is 11.8 Å². The summed E-state index contributed by atoms with van der Waals surface area (Å²) in [6.07, 6.45) is 2.97. The van der Waals surface area contributed by atoms with Crippen LogP contribution in [0.15, 0.2) is 0 Å². The minimum Gasteiger partial charge on any atom is -0.397 e. The van der Waals surface area contributed by atoms with Crippen LogP contribution in [-0.4, -0.2) is 52.1 Å². The Morgan fingerprint density at radius 1 is 0.706 bits per heavy atom. The minimum absolute atomic E-state index is 0.250. The van der Waals surface area contributed by atoms with E-state index in [2.05, 4.69) is 13.8 Å². The predicted octanol–water partition coefficient (Wildman–Crippen LogP) is 0.341. The summed E-state index contributed by atoms with van der Waals surface area (Å²) in [6.45, 7) is 5.84. The molecule has 5 nitrogen and oxygen atoms in total. The van der Waals surface area contributed by atoms with E-state index in [9.17, 15) is 0 Å². The van der Waals surface area contributed by atoms with Crippen LogP contribution in [0.5, 0.6) is 0 Å². The lowest BCUT2D eigenvalue weighted by molar-refractivity contribution is 0.0773. The van der Waals surface area contributed by atoms with E-state index in [1.165, 1.54) is 0 Å². The molecule has 0 aromatic rings. The summed E-state index contributed by atoms with van der Waals surface area (Å²) in [5, 5.41) is 39.6. The molecule has 5 N–H and O–H groups in total. The molecule has 2 atom stereocenters. The van der Waals surface area contributed by atoms with Crippen molar-refractivity contribution in [2.24, 2.45) is 11.8 Å². The Hall–Kier alpha value is -0.200. The second kappa shape index (κ2) is 21.1. The number of aliphatic hydroxyl groups excluding tert-OH is 4. The van der Waals surface area contributed by atoms with Gasteiger partial charge in [0.2, 0.25) is 0 Å². The fourth-order valence-electron chi connectivity index (χ4n) is 1.21. The van der Waals surface area contributed by atoms with Crippen molar-refractivity contribution in [3.8, 4) is 0 Å². The SMILES string of the molecule is CCC(CO)CC(CC)CO.CCO.OCO. The Morgan fingerprint density at radius 3 is 1.06 bits per heavy atom. The lowest BCUT2D eigenvalue weighted by Crippen LogP contribution is -2.14. The quantitative estimate of drug-likeness (QED) is 0.440. The molecule has 2 unspecified atom stereocenters. The van der Waals surface area contributed by atoms with Crippen LogP contribution in [0.25, 0.3) is 0 Å². The minimum atomic E-state index is -0.750. The van der Waals surface area contributed by atoms with E-state index < -0.39 is 6.79 Å². The van der Waals surface area contributed by atoms with Gasteiger partial charge in [0.25, 0.3) is 0 Å². The Morgan fingerprint density at radius 2 is 0.941 bits per heavy atom. The van der Waals surface area contributed by atoms with E-state index in [-0.39, 0.29) is 19.8 Å². The van der Waals surface area contributed by atoms with Gasteiger partial charge in [0, 0.05) is 19.8 Å². The molecule has 0 spiro atoms. The molecule has 0 aliphatic carbocycles. The molecule has 0 heterocycles. The van der Waals surface area contributed by atoms with E-state index >= 15 is 0 Å². The first kappa shape index (κ1) is 22.0. The van der Waals surface area contributed by atoms with Crippen LogP contribution >= 0.6 is 0 Å². The second-order valence-electron chi connectivity index (χ2n) is 3.61. The molecule has 0 rings (SSSR count). The van der Waals surface area contributed by atoms with Crippen molar-refractivity contribution in [2.75, 3.05) is 26.6 Å². The van der Waals surface area contributed by atoms with Gasteiger partial charge in [-0.3, -0.25) is 0 Å². The van der Waals surface area contributed by atoms with Crippen molar-refractivity contribution in [2.45, 2.75) is 40.0 Å². The molecule has 0 amide bonds. The lowest BCUT2D eigenvalue weighted by atomic mass is 9.92. The van der Waals surface area contributed by atoms with Crippen molar-refractivity contribution >= 4 is 0 Å². The summed E-state index contributed by atoms with van der Waals surface area (Å²) in [7, 11) is 0. The standard InChI is InChI=1S/C9H20O2.C2H6O.CH4O2/c1-3-8(6-10)5-9(4-2)7-11;1-2-3;2-1-3/h8-11H,3-7H2,1-2H3;3H,2H2,1H3;2-3H,1H2. The van der Waals surface area contributed by atoms with Crippen molar-refractivity contribution in [3.63, 3.8) is 0 Å². The third kappa shape index (κ3) is 21.6.